The van der Waals surface area contributed by atoms with Gasteiger partial charge in [-0.25, -0.2) is 0 Å². The Balaban J connectivity index is 2.02. The molecule has 1 unspecified atom stereocenters. The molecule has 2 nitrogen and oxygen atoms in total. The van der Waals surface area contributed by atoms with Crippen LogP contribution in [0.15, 0.2) is 22.7 Å². The smallest absolute Gasteiger partial charge is 0.0640 e. The number of anilines is 1. The van der Waals surface area contributed by atoms with Crippen molar-refractivity contribution in [1.29, 1.82) is 0 Å². The summed E-state index contributed by atoms with van der Waals surface area (Å²) < 4.78 is 1.09. The Morgan fingerprint density at radius 2 is 2.35 bits per heavy atom. The second-order valence-electron chi connectivity index (χ2n) is 4.48. The van der Waals surface area contributed by atoms with Crippen molar-refractivity contribution in [2.75, 3.05) is 24.5 Å². The summed E-state index contributed by atoms with van der Waals surface area (Å²) in [5, 5.41) is 4.41. The van der Waals surface area contributed by atoms with Crippen LogP contribution in [0.25, 0.3) is 0 Å². The average Bonchev–Trinajstić information content (AvgIpc) is 2.78. The topological polar surface area (TPSA) is 15.3 Å². The second-order valence-corrected chi connectivity index (χ2v) is 5.80. The van der Waals surface area contributed by atoms with E-state index in [1.807, 2.05) is 12.1 Å². The molecule has 0 spiro atoms. The molecule has 1 aliphatic rings. The molecule has 0 aromatic heterocycles. The molecule has 1 atom stereocenters. The maximum absolute atomic E-state index is 6.25. The lowest BCUT2D eigenvalue weighted by Gasteiger charge is -2.20. The highest BCUT2D eigenvalue weighted by molar-refractivity contribution is 9.10. The van der Waals surface area contributed by atoms with E-state index in [2.05, 4.69) is 39.1 Å². The van der Waals surface area contributed by atoms with Crippen molar-refractivity contribution in [3.8, 4) is 0 Å². The first-order chi connectivity index (χ1) is 8.20. The van der Waals surface area contributed by atoms with E-state index in [1.54, 1.807) is 0 Å². The van der Waals surface area contributed by atoms with Crippen LogP contribution in [0, 0.1) is 0 Å². The SMILES string of the molecule is CCCNC1CCN(c2cc(Br)ccc2Cl)C1. The van der Waals surface area contributed by atoms with Gasteiger partial charge in [0, 0.05) is 23.6 Å². The molecule has 1 aromatic carbocycles. The van der Waals surface area contributed by atoms with Crippen LogP contribution in [0.3, 0.4) is 0 Å². The third kappa shape index (κ3) is 3.36. The van der Waals surface area contributed by atoms with Gasteiger partial charge in [0.25, 0.3) is 0 Å². The summed E-state index contributed by atoms with van der Waals surface area (Å²) in [6.07, 6.45) is 2.39. The lowest BCUT2D eigenvalue weighted by Crippen LogP contribution is -2.33. The third-order valence-electron chi connectivity index (χ3n) is 3.12. The van der Waals surface area contributed by atoms with Gasteiger partial charge in [-0.2, -0.15) is 0 Å². The highest BCUT2D eigenvalue weighted by Crippen LogP contribution is 2.31. The Bertz CT molecular complexity index is 384. The normalized spacial score (nSPS) is 19.9. The summed E-state index contributed by atoms with van der Waals surface area (Å²) in [6.45, 7) is 5.43. The van der Waals surface area contributed by atoms with E-state index in [-0.39, 0.29) is 0 Å². The van der Waals surface area contributed by atoms with Gasteiger partial charge in [0.2, 0.25) is 0 Å². The molecule has 1 saturated heterocycles. The fraction of sp³-hybridized carbons (Fsp3) is 0.538. The second kappa shape index (κ2) is 6.07. The van der Waals surface area contributed by atoms with E-state index in [9.17, 15) is 0 Å². The highest BCUT2D eigenvalue weighted by Gasteiger charge is 2.23. The van der Waals surface area contributed by atoms with E-state index in [1.165, 1.54) is 12.8 Å². The van der Waals surface area contributed by atoms with E-state index in [0.717, 1.165) is 34.8 Å². The van der Waals surface area contributed by atoms with Crippen LogP contribution in [-0.4, -0.2) is 25.7 Å². The number of halogens is 2. The molecule has 1 fully saturated rings. The zero-order valence-corrected chi connectivity index (χ0v) is 12.4. The molecule has 1 N–H and O–H groups in total. The van der Waals surface area contributed by atoms with Crippen molar-refractivity contribution < 1.29 is 0 Å². The number of rotatable bonds is 4. The first-order valence-electron chi connectivity index (χ1n) is 6.14. The predicted octanol–water partition coefficient (Wildman–Crippen LogP) is 3.68. The monoisotopic (exact) mass is 316 g/mol. The van der Waals surface area contributed by atoms with Crippen molar-refractivity contribution in [1.82, 2.24) is 5.32 Å². The largest absolute Gasteiger partial charge is 0.369 e. The zero-order valence-electron chi connectivity index (χ0n) is 10.0. The fourth-order valence-electron chi connectivity index (χ4n) is 2.22. The lowest BCUT2D eigenvalue weighted by atomic mass is 10.2. The highest BCUT2D eigenvalue weighted by atomic mass is 79.9. The maximum atomic E-state index is 6.25. The van der Waals surface area contributed by atoms with Crippen LogP contribution >= 0.6 is 27.5 Å². The molecule has 0 amide bonds. The Morgan fingerprint density at radius 1 is 1.53 bits per heavy atom. The van der Waals surface area contributed by atoms with Gasteiger partial charge in [-0.3, -0.25) is 0 Å². The van der Waals surface area contributed by atoms with Gasteiger partial charge < -0.3 is 10.2 Å². The van der Waals surface area contributed by atoms with Crippen LogP contribution in [-0.2, 0) is 0 Å². The molecule has 94 valence electrons. The number of nitrogens with zero attached hydrogens (tertiary/aromatic N) is 1. The van der Waals surface area contributed by atoms with Gasteiger partial charge in [0.05, 0.1) is 10.7 Å². The van der Waals surface area contributed by atoms with E-state index in [0.29, 0.717) is 6.04 Å². The van der Waals surface area contributed by atoms with Gasteiger partial charge >= 0.3 is 0 Å². The summed E-state index contributed by atoms with van der Waals surface area (Å²) in [5.74, 6) is 0. The van der Waals surface area contributed by atoms with Gasteiger partial charge in [0.1, 0.15) is 0 Å². The summed E-state index contributed by atoms with van der Waals surface area (Å²) in [6, 6.07) is 6.64. The number of hydrogen-bond donors (Lipinski definition) is 1. The summed E-state index contributed by atoms with van der Waals surface area (Å²) in [5.41, 5.74) is 1.14. The fourth-order valence-corrected chi connectivity index (χ4v) is 2.81. The summed E-state index contributed by atoms with van der Waals surface area (Å²) in [7, 11) is 0. The van der Waals surface area contributed by atoms with Crippen molar-refractivity contribution >= 4 is 33.2 Å². The third-order valence-corrected chi connectivity index (χ3v) is 3.93. The molecule has 2 rings (SSSR count). The minimum absolute atomic E-state index is 0.602. The van der Waals surface area contributed by atoms with Gasteiger partial charge in [-0.05, 0) is 37.6 Å². The Kier molecular flexibility index (Phi) is 4.71. The maximum Gasteiger partial charge on any atom is 0.0640 e. The minimum atomic E-state index is 0.602. The Hall–Kier alpha value is -0.250. The van der Waals surface area contributed by atoms with E-state index < -0.39 is 0 Å². The molecular weight excluding hydrogens is 300 g/mol. The zero-order chi connectivity index (χ0) is 12.3. The Morgan fingerprint density at radius 3 is 3.12 bits per heavy atom. The molecule has 4 heteroatoms. The van der Waals surface area contributed by atoms with Crippen LogP contribution in [0.4, 0.5) is 5.69 Å². The van der Waals surface area contributed by atoms with Gasteiger partial charge in [-0.15, -0.1) is 0 Å². The molecule has 1 heterocycles. The van der Waals surface area contributed by atoms with E-state index in [4.69, 9.17) is 11.6 Å². The molecule has 1 aromatic rings. The molecule has 0 radical (unpaired) electrons. The van der Waals surface area contributed by atoms with Crippen LogP contribution in [0.2, 0.25) is 5.02 Å². The molecule has 0 aliphatic carbocycles. The predicted molar refractivity (Wildman–Crippen MR) is 78.1 cm³/mol. The van der Waals surface area contributed by atoms with Crippen LogP contribution < -0.4 is 10.2 Å². The average molecular weight is 318 g/mol. The van der Waals surface area contributed by atoms with Crippen molar-refractivity contribution in [3.63, 3.8) is 0 Å². The van der Waals surface area contributed by atoms with Gasteiger partial charge in [-0.1, -0.05) is 34.5 Å². The number of benzene rings is 1. The minimum Gasteiger partial charge on any atom is -0.369 e. The van der Waals surface area contributed by atoms with E-state index >= 15 is 0 Å². The first kappa shape index (κ1) is 13.2. The van der Waals surface area contributed by atoms with Gasteiger partial charge in [0.15, 0.2) is 0 Å². The Labute approximate surface area is 116 Å². The number of nitrogens with one attached hydrogen (secondary N) is 1. The lowest BCUT2D eigenvalue weighted by molar-refractivity contribution is 0.549. The number of hydrogen-bond acceptors (Lipinski definition) is 2. The quantitative estimate of drug-likeness (QED) is 0.911. The standard InChI is InChI=1S/C13H18BrClN2/c1-2-6-16-11-5-7-17(9-11)13-8-10(14)3-4-12(13)15/h3-4,8,11,16H,2,5-7,9H2,1H3. The van der Waals surface area contributed by atoms with Crippen molar-refractivity contribution in [2.45, 2.75) is 25.8 Å². The molecular formula is C13H18BrClN2. The van der Waals surface area contributed by atoms with Crippen LogP contribution in [0.1, 0.15) is 19.8 Å². The summed E-state index contributed by atoms with van der Waals surface area (Å²) >= 11 is 9.74. The van der Waals surface area contributed by atoms with Crippen LogP contribution in [0.5, 0.6) is 0 Å². The summed E-state index contributed by atoms with van der Waals surface area (Å²) in [4.78, 5) is 2.36. The first-order valence-corrected chi connectivity index (χ1v) is 7.31. The molecule has 1 aliphatic heterocycles. The van der Waals surface area contributed by atoms with Crippen molar-refractivity contribution in [2.24, 2.45) is 0 Å². The van der Waals surface area contributed by atoms with Crippen molar-refractivity contribution in [3.05, 3.63) is 27.7 Å². The molecule has 0 saturated carbocycles. The molecule has 0 bridgehead atoms. The molecule has 17 heavy (non-hydrogen) atoms.